The predicted molar refractivity (Wildman–Crippen MR) is 129 cm³/mol. The summed E-state index contributed by atoms with van der Waals surface area (Å²) in [5.41, 5.74) is 3.18. The molecule has 3 aromatic rings. The van der Waals surface area contributed by atoms with E-state index in [1.807, 2.05) is 0 Å². The Morgan fingerprint density at radius 3 is 2.21 bits per heavy atom. The molecule has 0 spiro atoms. The van der Waals surface area contributed by atoms with Crippen molar-refractivity contribution < 1.29 is 17.6 Å². The van der Waals surface area contributed by atoms with E-state index in [-0.39, 0.29) is 29.8 Å². The van der Waals surface area contributed by atoms with Crippen molar-refractivity contribution in [3.05, 3.63) is 87.8 Å². The van der Waals surface area contributed by atoms with Gasteiger partial charge in [-0.05, 0) is 54.1 Å². The van der Waals surface area contributed by atoms with E-state index in [1.165, 1.54) is 34.8 Å². The van der Waals surface area contributed by atoms with Crippen molar-refractivity contribution in [3.8, 4) is 0 Å². The predicted octanol–water partition coefficient (Wildman–Crippen LogP) is 5.08. The van der Waals surface area contributed by atoms with Crippen LogP contribution in [0.15, 0.2) is 75.1 Å². The van der Waals surface area contributed by atoms with Crippen LogP contribution in [0, 0.1) is 5.92 Å². The van der Waals surface area contributed by atoms with Gasteiger partial charge in [0.05, 0.1) is 17.7 Å². The van der Waals surface area contributed by atoms with Crippen LogP contribution in [0.5, 0.6) is 0 Å². The molecule has 0 saturated carbocycles. The Bertz CT molecular complexity index is 1220. The van der Waals surface area contributed by atoms with Crippen molar-refractivity contribution in [2.24, 2.45) is 11.0 Å². The molecule has 0 fully saturated rings. The quantitative estimate of drug-likeness (QED) is 0.322. The number of furan rings is 1. The fraction of sp³-hybridized carbons (Fsp3) is 0.217. The Kier molecular flexibility index (Phi) is 8.31. The highest BCUT2D eigenvalue weighted by molar-refractivity contribution is 7.89. The van der Waals surface area contributed by atoms with E-state index < -0.39 is 10.0 Å². The molecule has 3 rings (SSSR count). The largest absolute Gasteiger partial charge is 0.459 e. The molecule has 33 heavy (non-hydrogen) atoms. The van der Waals surface area contributed by atoms with Gasteiger partial charge < -0.3 is 4.42 Å². The summed E-state index contributed by atoms with van der Waals surface area (Å²) in [6.45, 7) is 3.61. The minimum atomic E-state index is -3.86. The van der Waals surface area contributed by atoms with Crippen molar-refractivity contribution in [3.63, 3.8) is 0 Å². The molecule has 0 aliphatic rings. The highest BCUT2D eigenvalue weighted by Crippen LogP contribution is 2.24. The average Bonchev–Trinajstić information content (AvgIpc) is 3.22. The van der Waals surface area contributed by atoms with Gasteiger partial charge in [0.15, 0.2) is 0 Å². The van der Waals surface area contributed by atoms with Gasteiger partial charge in [-0.15, -0.1) is 0 Å². The lowest BCUT2D eigenvalue weighted by atomic mass is 10.2. The molecule has 10 heteroatoms. The van der Waals surface area contributed by atoms with E-state index in [2.05, 4.69) is 10.5 Å². The minimum Gasteiger partial charge on any atom is -0.459 e. The van der Waals surface area contributed by atoms with Crippen LogP contribution in [0.3, 0.4) is 0 Å². The maximum absolute atomic E-state index is 13.4. The molecule has 0 saturated heterocycles. The van der Waals surface area contributed by atoms with Crippen LogP contribution in [0.1, 0.15) is 30.9 Å². The summed E-state index contributed by atoms with van der Waals surface area (Å²) >= 11 is 11.9. The number of hydrogen-bond acceptors (Lipinski definition) is 5. The van der Waals surface area contributed by atoms with Gasteiger partial charge in [0.2, 0.25) is 15.9 Å². The highest BCUT2D eigenvalue weighted by atomic mass is 35.5. The van der Waals surface area contributed by atoms with Crippen molar-refractivity contribution in [1.29, 1.82) is 0 Å². The number of nitrogens with one attached hydrogen (secondary N) is 1. The number of hydrogen-bond donors (Lipinski definition) is 1. The Labute approximate surface area is 203 Å². The van der Waals surface area contributed by atoms with Gasteiger partial charge in [0.25, 0.3) is 0 Å². The topological polar surface area (TPSA) is 92.0 Å². The van der Waals surface area contributed by atoms with Crippen LogP contribution in [-0.4, -0.2) is 24.8 Å². The molecule has 1 aromatic heterocycles. The molecule has 0 aliphatic carbocycles. The normalized spacial score (nSPS) is 12.1. The van der Waals surface area contributed by atoms with E-state index in [4.69, 9.17) is 27.6 Å². The van der Waals surface area contributed by atoms with Gasteiger partial charge in [0, 0.05) is 22.5 Å². The fourth-order valence-electron chi connectivity index (χ4n) is 2.79. The first kappa shape index (κ1) is 25.0. The highest BCUT2D eigenvalue weighted by Gasteiger charge is 2.26. The van der Waals surface area contributed by atoms with Crippen LogP contribution in [0.25, 0.3) is 0 Å². The van der Waals surface area contributed by atoms with Gasteiger partial charge in [-0.2, -0.15) is 9.41 Å². The molecule has 0 atom stereocenters. The maximum atomic E-state index is 13.4. The van der Waals surface area contributed by atoms with E-state index >= 15 is 0 Å². The first-order valence-corrected chi connectivity index (χ1v) is 12.3. The van der Waals surface area contributed by atoms with Crippen LogP contribution in [0.2, 0.25) is 10.0 Å². The number of hydrazone groups is 1. The molecule has 1 amide bonds. The lowest BCUT2D eigenvalue weighted by Gasteiger charge is -2.21. The van der Waals surface area contributed by atoms with Crippen molar-refractivity contribution >= 4 is 45.3 Å². The van der Waals surface area contributed by atoms with Crippen LogP contribution in [0.4, 0.5) is 0 Å². The molecule has 2 aromatic carbocycles. The van der Waals surface area contributed by atoms with E-state index in [1.54, 1.807) is 50.2 Å². The zero-order chi connectivity index (χ0) is 24.0. The van der Waals surface area contributed by atoms with Crippen molar-refractivity contribution in [2.45, 2.75) is 31.8 Å². The first-order chi connectivity index (χ1) is 15.6. The molecule has 1 heterocycles. The van der Waals surface area contributed by atoms with Gasteiger partial charge in [-0.25, -0.2) is 13.8 Å². The molecule has 0 aliphatic heterocycles. The summed E-state index contributed by atoms with van der Waals surface area (Å²) in [5, 5.41) is 4.86. The second-order valence-corrected chi connectivity index (χ2v) is 10.4. The SMILES string of the molecule is CC(C)C(=O)N/N=C\c1ccc(CN(Cc2ccc(Cl)cc2)S(=O)(=O)c2ccc(Cl)cc2)o1. The van der Waals surface area contributed by atoms with Gasteiger partial charge >= 0.3 is 0 Å². The molecular weight excluding hydrogens is 485 g/mol. The number of carbonyl (C=O) groups is 1. The number of halogens is 2. The number of amides is 1. The van der Waals surface area contributed by atoms with Gasteiger partial charge in [0.1, 0.15) is 11.5 Å². The standard InChI is InChI=1S/C23H23Cl2N3O4S/c1-16(2)23(29)27-26-13-20-9-10-21(32-20)15-28(14-17-3-5-18(24)6-4-17)33(30,31)22-11-7-19(25)8-12-22/h3-13,16H,14-15H2,1-2H3,(H,27,29)/b26-13-. The van der Waals surface area contributed by atoms with E-state index in [9.17, 15) is 13.2 Å². The summed E-state index contributed by atoms with van der Waals surface area (Å²) in [7, 11) is -3.86. The Balaban J connectivity index is 1.83. The third kappa shape index (κ3) is 6.91. The third-order valence-electron chi connectivity index (χ3n) is 4.63. The Morgan fingerprint density at radius 2 is 1.61 bits per heavy atom. The zero-order valence-electron chi connectivity index (χ0n) is 18.0. The van der Waals surface area contributed by atoms with Gasteiger partial charge in [-0.3, -0.25) is 4.79 Å². The van der Waals surface area contributed by atoms with E-state index in [0.29, 0.717) is 21.6 Å². The maximum Gasteiger partial charge on any atom is 0.243 e. The average molecular weight is 508 g/mol. The minimum absolute atomic E-state index is 0.0141. The second-order valence-electron chi connectivity index (χ2n) is 7.55. The third-order valence-corrected chi connectivity index (χ3v) is 6.94. The summed E-state index contributed by atoms with van der Waals surface area (Å²) in [4.78, 5) is 11.7. The van der Waals surface area contributed by atoms with Crippen molar-refractivity contribution in [1.82, 2.24) is 9.73 Å². The Morgan fingerprint density at radius 1 is 1.00 bits per heavy atom. The number of sulfonamides is 1. The lowest BCUT2D eigenvalue weighted by Crippen LogP contribution is -2.30. The number of benzene rings is 2. The molecule has 0 radical (unpaired) electrons. The van der Waals surface area contributed by atoms with Crippen LogP contribution in [-0.2, 0) is 27.9 Å². The fourth-order valence-corrected chi connectivity index (χ4v) is 4.43. The first-order valence-electron chi connectivity index (χ1n) is 10.1. The number of nitrogens with zero attached hydrogens (tertiary/aromatic N) is 2. The summed E-state index contributed by atoms with van der Waals surface area (Å²) in [6.07, 6.45) is 1.36. The summed E-state index contributed by atoms with van der Waals surface area (Å²) in [6, 6.07) is 16.2. The molecule has 0 bridgehead atoms. The summed E-state index contributed by atoms with van der Waals surface area (Å²) < 4.78 is 33.8. The van der Waals surface area contributed by atoms with Crippen molar-refractivity contribution in [2.75, 3.05) is 0 Å². The monoisotopic (exact) mass is 507 g/mol. The van der Waals surface area contributed by atoms with Gasteiger partial charge in [-0.1, -0.05) is 49.2 Å². The molecule has 7 nitrogen and oxygen atoms in total. The number of carbonyl (C=O) groups excluding carboxylic acids is 1. The lowest BCUT2D eigenvalue weighted by molar-refractivity contribution is -0.123. The van der Waals surface area contributed by atoms with Crippen LogP contribution < -0.4 is 5.43 Å². The summed E-state index contributed by atoms with van der Waals surface area (Å²) in [5.74, 6) is 0.373. The zero-order valence-corrected chi connectivity index (χ0v) is 20.4. The molecule has 1 N–H and O–H groups in total. The smallest absolute Gasteiger partial charge is 0.243 e. The molecule has 174 valence electrons. The second kappa shape index (κ2) is 11.0. The number of rotatable bonds is 9. The Hall–Kier alpha value is -2.65. The van der Waals surface area contributed by atoms with E-state index in [0.717, 1.165) is 5.56 Å². The molecule has 0 unspecified atom stereocenters. The molecular formula is C23H23Cl2N3O4S. The van der Waals surface area contributed by atoms with Crippen LogP contribution >= 0.6 is 23.2 Å².